The lowest BCUT2D eigenvalue weighted by molar-refractivity contribution is -0.138. The van der Waals surface area contributed by atoms with Crippen molar-refractivity contribution in [1.29, 1.82) is 0 Å². The Morgan fingerprint density at radius 2 is 2.33 bits per heavy atom. The monoisotopic (exact) mass is 243 g/mol. The van der Waals surface area contributed by atoms with E-state index in [4.69, 9.17) is 5.11 Å². The first-order valence-electron chi connectivity index (χ1n) is 6.45. The molecular formula is C15H17NO2. The quantitative estimate of drug-likeness (QED) is 0.851. The van der Waals surface area contributed by atoms with Crippen molar-refractivity contribution >= 4 is 16.9 Å². The van der Waals surface area contributed by atoms with Gasteiger partial charge in [0, 0.05) is 23.0 Å². The number of carbonyl (C=O) groups is 1. The largest absolute Gasteiger partial charge is 0.481 e. The molecule has 2 N–H and O–H groups in total. The number of hydrogen-bond donors (Lipinski definition) is 2. The molecule has 0 spiro atoms. The Hall–Kier alpha value is -1.77. The third-order valence-electron chi connectivity index (χ3n) is 3.91. The lowest BCUT2D eigenvalue weighted by atomic mass is 9.84. The van der Waals surface area contributed by atoms with Crippen molar-refractivity contribution in [3.05, 3.63) is 35.0 Å². The van der Waals surface area contributed by atoms with Crippen LogP contribution in [0, 0.1) is 12.8 Å². The van der Waals surface area contributed by atoms with Crippen LogP contribution in [0.3, 0.4) is 0 Å². The van der Waals surface area contributed by atoms with E-state index in [2.05, 4.69) is 30.1 Å². The maximum Gasteiger partial charge on any atom is 0.303 e. The molecule has 2 aromatic rings. The molecular weight excluding hydrogens is 226 g/mol. The highest BCUT2D eigenvalue weighted by Gasteiger charge is 2.23. The normalized spacial score (nSPS) is 18.8. The number of benzene rings is 1. The van der Waals surface area contributed by atoms with Crippen molar-refractivity contribution in [2.45, 2.75) is 32.6 Å². The van der Waals surface area contributed by atoms with Crippen molar-refractivity contribution in [3.8, 4) is 0 Å². The molecule has 0 fully saturated rings. The summed E-state index contributed by atoms with van der Waals surface area (Å²) in [5.74, 6) is -0.394. The summed E-state index contributed by atoms with van der Waals surface area (Å²) in [7, 11) is 0. The van der Waals surface area contributed by atoms with Gasteiger partial charge in [-0.05, 0) is 49.3 Å². The number of fused-ring (bicyclic) bond motifs is 3. The molecule has 18 heavy (non-hydrogen) atoms. The zero-order valence-electron chi connectivity index (χ0n) is 10.5. The van der Waals surface area contributed by atoms with Gasteiger partial charge >= 0.3 is 5.97 Å². The number of carboxylic acid groups (broad SMARTS) is 1. The number of aryl methyl sites for hydroxylation is 2. The van der Waals surface area contributed by atoms with Gasteiger partial charge in [0.15, 0.2) is 0 Å². The average molecular weight is 243 g/mol. The summed E-state index contributed by atoms with van der Waals surface area (Å²) in [6, 6.07) is 6.44. The van der Waals surface area contributed by atoms with Gasteiger partial charge < -0.3 is 10.1 Å². The van der Waals surface area contributed by atoms with Crippen LogP contribution in [0.1, 0.15) is 29.7 Å². The van der Waals surface area contributed by atoms with Crippen molar-refractivity contribution in [3.63, 3.8) is 0 Å². The molecule has 1 unspecified atom stereocenters. The van der Waals surface area contributed by atoms with Crippen LogP contribution in [0.5, 0.6) is 0 Å². The Morgan fingerprint density at radius 3 is 3.11 bits per heavy atom. The fourth-order valence-electron chi connectivity index (χ4n) is 3.03. The zero-order valence-corrected chi connectivity index (χ0v) is 10.5. The summed E-state index contributed by atoms with van der Waals surface area (Å²) >= 11 is 0. The molecule has 1 aromatic carbocycles. The highest BCUT2D eigenvalue weighted by atomic mass is 16.4. The maximum absolute atomic E-state index is 10.8. The molecule has 3 rings (SSSR count). The van der Waals surface area contributed by atoms with Gasteiger partial charge in [-0.3, -0.25) is 4.79 Å². The minimum Gasteiger partial charge on any atom is -0.481 e. The van der Waals surface area contributed by atoms with Crippen molar-refractivity contribution in [2.75, 3.05) is 0 Å². The number of aliphatic carboxylic acids is 1. The molecule has 3 heteroatoms. The minimum absolute atomic E-state index is 0.287. The van der Waals surface area contributed by atoms with E-state index >= 15 is 0 Å². The van der Waals surface area contributed by atoms with Crippen LogP contribution in [-0.2, 0) is 17.6 Å². The second kappa shape index (κ2) is 4.16. The number of carboxylic acids is 1. The van der Waals surface area contributed by atoms with Crippen molar-refractivity contribution in [1.82, 2.24) is 4.98 Å². The molecule has 1 aromatic heterocycles. The van der Waals surface area contributed by atoms with E-state index in [0.29, 0.717) is 0 Å². The highest BCUT2D eigenvalue weighted by Crippen LogP contribution is 2.33. The third kappa shape index (κ3) is 1.90. The van der Waals surface area contributed by atoms with Gasteiger partial charge in [-0.2, -0.15) is 0 Å². The Morgan fingerprint density at radius 1 is 1.50 bits per heavy atom. The Kier molecular flexibility index (Phi) is 2.62. The van der Waals surface area contributed by atoms with E-state index in [1.807, 2.05) is 0 Å². The first kappa shape index (κ1) is 11.3. The SMILES string of the molecule is Cc1ccc2c3c([nH]c2c1)CCC(CC(=O)O)C3. The molecule has 0 saturated heterocycles. The Bertz CT molecular complexity index is 612. The molecule has 94 valence electrons. The third-order valence-corrected chi connectivity index (χ3v) is 3.91. The first-order chi connectivity index (χ1) is 8.63. The van der Waals surface area contributed by atoms with Gasteiger partial charge in [0.05, 0.1) is 0 Å². The number of aromatic amines is 1. The molecule has 0 radical (unpaired) electrons. The molecule has 0 saturated carbocycles. The van der Waals surface area contributed by atoms with Crippen molar-refractivity contribution in [2.24, 2.45) is 5.92 Å². The van der Waals surface area contributed by atoms with Crippen LogP contribution in [-0.4, -0.2) is 16.1 Å². The molecule has 3 nitrogen and oxygen atoms in total. The number of nitrogens with one attached hydrogen (secondary N) is 1. The summed E-state index contributed by atoms with van der Waals surface area (Å²) in [6.45, 7) is 2.09. The van der Waals surface area contributed by atoms with Gasteiger partial charge in [0.25, 0.3) is 0 Å². The lowest BCUT2D eigenvalue weighted by Gasteiger charge is -2.20. The lowest BCUT2D eigenvalue weighted by Crippen LogP contribution is -2.16. The molecule has 1 aliphatic carbocycles. The van der Waals surface area contributed by atoms with Crippen LogP contribution in [0.25, 0.3) is 10.9 Å². The summed E-state index contributed by atoms with van der Waals surface area (Å²) in [5.41, 5.74) is 5.08. The molecule has 0 amide bonds. The second-order valence-corrected chi connectivity index (χ2v) is 5.34. The Balaban J connectivity index is 1.99. The van der Waals surface area contributed by atoms with Crippen LogP contribution in [0.2, 0.25) is 0 Å². The summed E-state index contributed by atoms with van der Waals surface area (Å²) in [5, 5.41) is 10.2. The van der Waals surface area contributed by atoms with E-state index in [1.165, 1.54) is 27.7 Å². The predicted octanol–water partition coefficient (Wildman–Crippen LogP) is 3.06. The predicted molar refractivity (Wildman–Crippen MR) is 70.8 cm³/mol. The Labute approximate surface area is 106 Å². The number of H-pyrrole nitrogens is 1. The van der Waals surface area contributed by atoms with Gasteiger partial charge in [0.1, 0.15) is 0 Å². The van der Waals surface area contributed by atoms with Gasteiger partial charge in [-0.25, -0.2) is 0 Å². The topological polar surface area (TPSA) is 53.1 Å². The van der Waals surface area contributed by atoms with E-state index in [0.717, 1.165) is 19.3 Å². The number of rotatable bonds is 2. The van der Waals surface area contributed by atoms with Crippen LogP contribution in [0.15, 0.2) is 18.2 Å². The highest BCUT2D eigenvalue weighted by molar-refractivity contribution is 5.85. The molecule has 1 aliphatic rings. The molecule has 1 heterocycles. The number of hydrogen-bond acceptors (Lipinski definition) is 1. The summed E-state index contributed by atoms with van der Waals surface area (Å²) in [4.78, 5) is 14.3. The zero-order chi connectivity index (χ0) is 12.7. The average Bonchev–Trinajstić information content (AvgIpc) is 2.65. The number of aromatic nitrogens is 1. The summed E-state index contributed by atoms with van der Waals surface area (Å²) < 4.78 is 0. The van der Waals surface area contributed by atoms with E-state index in [9.17, 15) is 4.79 Å². The first-order valence-corrected chi connectivity index (χ1v) is 6.45. The molecule has 0 bridgehead atoms. The van der Waals surface area contributed by atoms with Gasteiger partial charge in [0.2, 0.25) is 0 Å². The fourth-order valence-corrected chi connectivity index (χ4v) is 3.03. The van der Waals surface area contributed by atoms with Crippen molar-refractivity contribution < 1.29 is 9.90 Å². The maximum atomic E-state index is 10.8. The second-order valence-electron chi connectivity index (χ2n) is 5.34. The van der Waals surface area contributed by atoms with Crippen LogP contribution in [0.4, 0.5) is 0 Å². The van der Waals surface area contributed by atoms with Crippen LogP contribution >= 0.6 is 0 Å². The van der Waals surface area contributed by atoms with E-state index < -0.39 is 5.97 Å². The van der Waals surface area contributed by atoms with Gasteiger partial charge in [-0.1, -0.05) is 12.1 Å². The standard InChI is InChI=1S/C15H17NO2/c1-9-2-4-11-12-7-10(8-15(17)18)3-5-13(12)16-14(11)6-9/h2,4,6,10,16H,3,5,7-8H2,1H3,(H,17,18). The smallest absolute Gasteiger partial charge is 0.303 e. The molecule has 1 atom stereocenters. The van der Waals surface area contributed by atoms with Crippen LogP contribution < -0.4 is 0 Å². The van der Waals surface area contributed by atoms with Gasteiger partial charge in [-0.15, -0.1) is 0 Å². The minimum atomic E-state index is -0.681. The van der Waals surface area contributed by atoms with E-state index in [-0.39, 0.29) is 12.3 Å². The van der Waals surface area contributed by atoms with E-state index in [1.54, 1.807) is 0 Å². The molecule has 0 aliphatic heterocycles. The fraction of sp³-hybridized carbons (Fsp3) is 0.400. The summed E-state index contributed by atoms with van der Waals surface area (Å²) in [6.07, 6.45) is 3.13.